The van der Waals surface area contributed by atoms with Crippen molar-refractivity contribution >= 4 is 17.9 Å². The molecule has 0 spiro atoms. The molecule has 156 valence electrons. The summed E-state index contributed by atoms with van der Waals surface area (Å²) in [5.41, 5.74) is 9.47. The fraction of sp³-hybridized carbons (Fsp3) is 0.130. The lowest BCUT2D eigenvalue weighted by molar-refractivity contribution is -0.106. The molecule has 3 heterocycles. The van der Waals surface area contributed by atoms with Crippen molar-refractivity contribution in [2.24, 2.45) is 0 Å². The minimum atomic E-state index is 0.169. The van der Waals surface area contributed by atoms with Gasteiger partial charge in [0.25, 0.3) is 0 Å². The Morgan fingerprint density at radius 3 is 2.68 bits per heavy atom. The number of nitrogens with zero attached hydrogens (tertiary/aromatic N) is 3. The van der Waals surface area contributed by atoms with Gasteiger partial charge in [-0.15, -0.1) is 0 Å². The van der Waals surface area contributed by atoms with Crippen LogP contribution in [-0.2, 0) is 17.8 Å². The molecule has 0 saturated heterocycles. The van der Waals surface area contributed by atoms with E-state index in [9.17, 15) is 4.79 Å². The van der Waals surface area contributed by atoms with E-state index in [2.05, 4.69) is 20.4 Å². The highest BCUT2D eigenvalue weighted by Gasteiger charge is 2.12. The first-order chi connectivity index (χ1) is 15.2. The molecule has 0 saturated carbocycles. The molecule has 31 heavy (non-hydrogen) atoms. The quantitative estimate of drug-likeness (QED) is 0.399. The standard InChI is InChI=1S/C23H21N5O3/c24-23-19(7-8-21(27-23)25-10-11-29)20-13-18(28-31-20)12-17-6-9-22(26-14-17)30-15-16-4-2-1-3-5-16/h1-9,11,13-14H,10,12,15H2,(H3,24,25,27). The van der Waals surface area contributed by atoms with Crippen LogP contribution in [0, 0.1) is 0 Å². The molecule has 0 atom stereocenters. The molecule has 0 fully saturated rings. The van der Waals surface area contributed by atoms with E-state index in [0.717, 1.165) is 23.1 Å². The molecule has 3 aromatic heterocycles. The highest BCUT2D eigenvalue weighted by Crippen LogP contribution is 2.27. The predicted molar refractivity (Wildman–Crippen MR) is 117 cm³/mol. The summed E-state index contributed by atoms with van der Waals surface area (Å²) in [7, 11) is 0. The molecule has 4 rings (SSSR count). The van der Waals surface area contributed by atoms with Crippen molar-refractivity contribution in [3.8, 4) is 17.2 Å². The predicted octanol–water partition coefficient (Wildman–Crippen LogP) is 3.49. The zero-order valence-corrected chi connectivity index (χ0v) is 16.7. The highest BCUT2D eigenvalue weighted by molar-refractivity contribution is 5.72. The molecular formula is C23H21N5O3. The molecule has 3 N–H and O–H groups in total. The molecule has 4 aromatic rings. The highest BCUT2D eigenvalue weighted by atomic mass is 16.5. The summed E-state index contributed by atoms with van der Waals surface area (Å²) >= 11 is 0. The molecule has 0 radical (unpaired) electrons. The number of nitrogens with one attached hydrogen (secondary N) is 1. The Morgan fingerprint density at radius 1 is 1.06 bits per heavy atom. The third-order valence-electron chi connectivity index (χ3n) is 4.53. The summed E-state index contributed by atoms with van der Waals surface area (Å²) < 4.78 is 11.2. The van der Waals surface area contributed by atoms with Crippen LogP contribution in [0.25, 0.3) is 11.3 Å². The number of nitrogen functional groups attached to an aromatic ring is 1. The number of benzene rings is 1. The minimum Gasteiger partial charge on any atom is -0.473 e. The SMILES string of the molecule is Nc1nc(NCC=O)ccc1-c1cc(Cc2ccc(OCc3ccccc3)nc2)no1. The second-order valence-electron chi connectivity index (χ2n) is 6.82. The van der Waals surface area contributed by atoms with Crippen molar-refractivity contribution in [1.29, 1.82) is 0 Å². The number of pyridine rings is 2. The number of nitrogens with two attached hydrogens (primary N) is 1. The van der Waals surface area contributed by atoms with Crippen LogP contribution >= 0.6 is 0 Å². The van der Waals surface area contributed by atoms with E-state index in [-0.39, 0.29) is 6.54 Å². The number of ether oxygens (including phenoxy) is 1. The first-order valence-electron chi connectivity index (χ1n) is 9.73. The minimum absolute atomic E-state index is 0.169. The Labute approximate surface area is 179 Å². The largest absolute Gasteiger partial charge is 0.473 e. The maximum absolute atomic E-state index is 10.5. The Hall–Kier alpha value is -4.20. The molecule has 8 nitrogen and oxygen atoms in total. The third-order valence-corrected chi connectivity index (χ3v) is 4.53. The Balaban J connectivity index is 1.38. The second-order valence-corrected chi connectivity index (χ2v) is 6.82. The number of carbonyl (C=O) groups is 1. The first-order valence-corrected chi connectivity index (χ1v) is 9.73. The Bertz CT molecular complexity index is 1140. The lowest BCUT2D eigenvalue weighted by atomic mass is 10.1. The number of anilines is 2. The number of hydrogen-bond donors (Lipinski definition) is 2. The lowest BCUT2D eigenvalue weighted by Gasteiger charge is -2.06. The number of carbonyl (C=O) groups excluding carboxylic acids is 1. The second kappa shape index (κ2) is 9.53. The van der Waals surface area contributed by atoms with E-state index in [4.69, 9.17) is 15.0 Å². The fourth-order valence-corrected chi connectivity index (χ4v) is 2.99. The van der Waals surface area contributed by atoms with Gasteiger partial charge in [0.2, 0.25) is 5.88 Å². The smallest absolute Gasteiger partial charge is 0.213 e. The van der Waals surface area contributed by atoms with Crippen LogP contribution in [0.3, 0.4) is 0 Å². The van der Waals surface area contributed by atoms with Gasteiger partial charge >= 0.3 is 0 Å². The van der Waals surface area contributed by atoms with Crippen LogP contribution in [0.1, 0.15) is 16.8 Å². The zero-order chi connectivity index (χ0) is 21.5. The van der Waals surface area contributed by atoms with Gasteiger partial charge in [-0.2, -0.15) is 0 Å². The maximum Gasteiger partial charge on any atom is 0.213 e. The van der Waals surface area contributed by atoms with Crippen molar-refractivity contribution in [3.05, 3.63) is 83.7 Å². The van der Waals surface area contributed by atoms with Gasteiger partial charge in [-0.3, -0.25) is 0 Å². The van der Waals surface area contributed by atoms with Crippen LogP contribution in [0.5, 0.6) is 5.88 Å². The van der Waals surface area contributed by atoms with Gasteiger partial charge in [0.15, 0.2) is 5.76 Å². The van der Waals surface area contributed by atoms with Crippen molar-refractivity contribution < 1.29 is 14.1 Å². The Morgan fingerprint density at radius 2 is 1.94 bits per heavy atom. The van der Waals surface area contributed by atoms with E-state index in [1.54, 1.807) is 18.3 Å². The summed E-state index contributed by atoms with van der Waals surface area (Å²) in [4.78, 5) is 19.0. The molecule has 0 amide bonds. The van der Waals surface area contributed by atoms with Crippen LogP contribution in [0.15, 0.2) is 71.4 Å². The topological polar surface area (TPSA) is 116 Å². The van der Waals surface area contributed by atoms with Crippen LogP contribution in [0.2, 0.25) is 0 Å². The lowest BCUT2D eigenvalue weighted by Crippen LogP contribution is -2.05. The van der Waals surface area contributed by atoms with E-state index in [0.29, 0.717) is 41.9 Å². The number of rotatable bonds is 9. The summed E-state index contributed by atoms with van der Waals surface area (Å²) in [5, 5.41) is 6.97. The van der Waals surface area contributed by atoms with Gasteiger partial charge in [0, 0.05) is 24.8 Å². The van der Waals surface area contributed by atoms with Gasteiger partial charge in [-0.1, -0.05) is 41.6 Å². The van der Waals surface area contributed by atoms with E-state index >= 15 is 0 Å². The van der Waals surface area contributed by atoms with Gasteiger partial charge < -0.3 is 25.1 Å². The zero-order valence-electron chi connectivity index (χ0n) is 16.7. The average molecular weight is 415 g/mol. The molecule has 8 heteroatoms. The van der Waals surface area contributed by atoms with Gasteiger partial charge in [-0.25, -0.2) is 9.97 Å². The normalized spacial score (nSPS) is 10.6. The fourth-order valence-electron chi connectivity index (χ4n) is 2.99. The van der Waals surface area contributed by atoms with Gasteiger partial charge in [0.05, 0.1) is 17.8 Å². The number of aldehydes is 1. The van der Waals surface area contributed by atoms with Crippen molar-refractivity contribution in [2.75, 3.05) is 17.6 Å². The van der Waals surface area contributed by atoms with E-state index < -0.39 is 0 Å². The Kier molecular flexibility index (Phi) is 6.18. The van der Waals surface area contributed by atoms with Crippen LogP contribution in [0.4, 0.5) is 11.6 Å². The molecule has 1 aromatic carbocycles. The van der Waals surface area contributed by atoms with Crippen molar-refractivity contribution in [2.45, 2.75) is 13.0 Å². The average Bonchev–Trinajstić information content (AvgIpc) is 3.26. The van der Waals surface area contributed by atoms with E-state index in [1.165, 1.54) is 0 Å². The van der Waals surface area contributed by atoms with Crippen LogP contribution < -0.4 is 15.8 Å². The first kappa shape index (κ1) is 20.1. The molecule has 0 bridgehead atoms. The summed E-state index contributed by atoms with van der Waals surface area (Å²) in [5.74, 6) is 1.90. The summed E-state index contributed by atoms with van der Waals surface area (Å²) in [6.07, 6.45) is 3.07. The monoisotopic (exact) mass is 415 g/mol. The summed E-state index contributed by atoms with van der Waals surface area (Å²) in [6.45, 7) is 0.640. The van der Waals surface area contributed by atoms with Gasteiger partial charge in [0.1, 0.15) is 24.5 Å². The molecule has 0 aliphatic rings. The molecular weight excluding hydrogens is 394 g/mol. The number of hydrogen-bond acceptors (Lipinski definition) is 8. The third kappa shape index (κ3) is 5.24. The molecule has 0 aliphatic heterocycles. The van der Waals surface area contributed by atoms with Gasteiger partial charge in [-0.05, 0) is 23.3 Å². The van der Waals surface area contributed by atoms with E-state index in [1.807, 2.05) is 48.5 Å². The maximum atomic E-state index is 10.5. The van der Waals surface area contributed by atoms with Crippen LogP contribution in [-0.4, -0.2) is 28.0 Å². The summed E-state index contributed by atoms with van der Waals surface area (Å²) in [6, 6.07) is 19.1. The van der Waals surface area contributed by atoms with Crippen molar-refractivity contribution in [1.82, 2.24) is 15.1 Å². The molecule has 0 aliphatic carbocycles. The molecule has 0 unspecified atom stereocenters. The number of aromatic nitrogens is 3. The van der Waals surface area contributed by atoms with Crippen molar-refractivity contribution in [3.63, 3.8) is 0 Å².